The van der Waals surface area contributed by atoms with E-state index in [-0.39, 0.29) is 0 Å². The van der Waals surface area contributed by atoms with E-state index in [4.69, 9.17) is 11.6 Å². The van der Waals surface area contributed by atoms with Crippen LogP contribution in [0, 0.1) is 0 Å². The monoisotopic (exact) mass is 316 g/mol. The minimum atomic E-state index is 0.524. The first-order chi connectivity index (χ1) is 10.6. The summed E-state index contributed by atoms with van der Waals surface area (Å²) in [7, 11) is 3.90. The predicted octanol–water partition coefficient (Wildman–Crippen LogP) is 3.19. The molecule has 1 aromatic carbocycles. The second-order valence-corrected chi connectivity index (χ2v) is 6.44. The molecule has 1 atom stereocenters. The maximum atomic E-state index is 6.32. The lowest BCUT2D eigenvalue weighted by Crippen LogP contribution is -2.20. The van der Waals surface area contributed by atoms with Crippen LogP contribution in [0.15, 0.2) is 36.7 Å². The van der Waals surface area contributed by atoms with Crippen molar-refractivity contribution in [3.05, 3.63) is 52.8 Å². The van der Waals surface area contributed by atoms with Gasteiger partial charge in [-0.15, -0.1) is 0 Å². The molecule has 3 rings (SSSR count). The zero-order valence-corrected chi connectivity index (χ0v) is 13.8. The number of halogens is 1. The molecule has 0 N–H and O–H groups in total. The highest BCUT2D eigenvalue weighted by Gasteiger charge is 2.25. The highest BCUT2D eigenvalue weighted by Crippen LogP contribution is 2.32. The van der Waals surface area contributed by atoms with Gasteiger partial charge in [0, 0.05) is 50.2 Å². The van der Waals surface area contributed by atoms with Crippen LogP contribution in [0.4, 0.5) is 5.95 Å². The third-order valence-electron chi connectivity index (χ3n) is 4.12. The maximum Gasteiger partial charge on any atom is 0.224 e. The van der Waals surface area contributed by atoms with Crippen molar-refractivity contribution >= 4 is 17.5 Å². The van der Waals surface area contributed by atoms with Crippen molar-refractivity contribution in [1.29, 1.82) is 0 Å². The highest BCUT2D eigenvalue weighted by atomic mass is 35.5. The van der Waals surface area contributed by atoms with E-state index in [1.807, 2.05) is 43.5 Å². The lowest BCUT2D eigenvalue weighted by atomic mass is 9.98. The van der Waals surface area contributed by atoms with Gasteiger partial charge in [0.2, 0.25) is 5.95 Å². The van der Waals surface area contributed by atoms with Crippen molar-refractivity contribution in [2.45, 2.75) is 18.9 Å². The van der Waals surface area contributed by atoms with Crippen molar-refractivity contribution in [2.24, 2.45) is 0 Å². The molecule has 1 aliphatic rings. The van der Waals surface area contributed by atoms with Crippen LogP contribution in [-0.2, 0) is 6.54 Å². The van der Waals surface area contributed by atoms with E-state index < -0.39 is 0 Å². The zero-order valence-electron chi connectivity index (χ0n) is 13.0. The fourth-order valence-corrected chi connectivity index (χ4v) is 3.25. The van der Waals surface area contributed by atoms with Crippen molar-refractivity contribution in [2.75, 3.05) is 32.1 Å². The van der Waals surface area contributed by atoms with Crippen molar-refractivity contribution in [3.63, 3.8) is 0 Å². The van der Waals surface area contributed by atoms with Gasteiger partial charge in [-0.1, -0.05) is 29.8 Å². The predicted molar refractivity (Wildman–Crippen MR) is 90.4 cm³/mol. The summed E-state index contributed by atoms with van der Waals surface area (Å²) in [6.07, 6.45) is 5.00. The van der Waals surface area contributed by atoms with Gasteiger partial charge in [0.05, 0.1) is 0 Å². The summed E-state index contributed by atoms with van der Waals surface area (Å²) in [5, 5.41) is 0.882. The summed E-state index contributed by atoms with van der Waals surface area (Å²) in [5.41, 5.74) is 2.43. The Morgan fingerprint density at radius 2 is 1.95 bits per heavy atom. The number of likely N-dealkylation sites (tertiary alicyclic amines) is 1. The van der Waals surface area contributed by atoms with E-state index in [0.717, 1.165) is 42.6 Å². The number of aromatic nitrogens is 2. The van der Waals surface area contributed by atoms with Crippen molar-refractivity contribution in [3.8, 4) is 0 Å². The summed E-state index contributed by atoms with van der Waals surface area (Å²) in [6, 6.07) is 8.18. The fraction of sp³-hybridized carbons (Fsp3) is 0.412. The minimum Gasteiger partial charge on any atom is -0.347 e. The summed E-state index contributed by atoms with van der Waals surface area (Å²) < 4.78 is 0. The first-order valence-electron chi connectivity index (χ1n) is 7.58. The Morgan fingerprint density at radius 3 is 2.64 bits per heavy atom. The Labute approximate surface area is 136 Å². The molecule has 1 aliphatic heterocycles. The number of rotatable bonds is 4. The van der Waals surface area contributed by atoms with Crippen LogP contribution in [-0.4, -0.2) is 42.1 Å². The van der Waals surface area contributed by atoms with Crippen molar-refractivity contribution < 1.29 is 0 Å². The Balaban J connectivity index is 1.62. The molecular formula is C17H21ClN4. The normalized spacial score (nSPS) is 18.6. The van der Waals surface area contributed by atoms with Crippen LogP contribution >= 0.6 is 11.6 Å². The third kappa shape index (κ3) is 3.39. The first kappa shape index (κ1) is 15.3. The fourth-order valence-electron chi connectivity index (χ4n) is 2.96. The molecule has 1 saturated heterocycles. The molecular weight excluding hydrogens is 296 g/mol. The van der Waals surface area contributed by atoms with Gasteiger partial charge in [0.25, 0.3) is 0 Å². The Bertz CT molecular complexity index is 627. The molecule has 5 heteroatoms. The van der Waals surface area contributed by atoms with Gasteiger partial charge in [-0.05, 0) is 30.5 Å². The molecule has 1 unspecified atom stereocenters. The molecule has 0 amide bonds. The molecule has 0 spiro atoms. The van der Waals surface area contributed by atoms with E-state index in [2.05, 4.69) is 27.0 Å². The average Bonchev–Trinajstić information content (AvgIpc) is 2.96. The van der Waals surface area contributed by atoms with Gasteiger partial charge in [-0.3, -0.25) is 4.90 Å². The summed E-state index contributed by atoms with van der Waals surface area (Å²) >= 11 is 6.32. The van der Waals surface area contributed by atoms with E-state index in [1.165, 1.54) is 5.56 Å². The highest BCUT2D eigenvalue weighted by molar-refractivity contribution is 6.31. The molecule has 1 aromatic heterocycles. The number of hydrogen-bond donors (Lipinski definition) is 0. The van der Waals surface area contributed by atoms with Gasteiger partial charge in [-0.2, -0.15) is 0 Å². The molecule has 0 saturated carbocycles. The van der Waals surface area contributed by atoms with Gasteiger partial charge in [0.15, 0.2) is 0 Å². The smallest absolute Gasteiger partial charge is 0.224 e. The van der Waals surface area contributed by atoms with Crippen LogP contribution in [0.25, 0.3) is 0 Å². The third-order valence-corrected chi connectivity index (χ3v) is 4.46. The Hall–Kier alpha value is -1.65. The van der Waals surface area contributed by atoms with Crippen molar-refractivity contribution in [1.82, 2.24) is 14.9 Å². The number of anilines is 1. The minimum absolute atomic E-state index is 0.524. The number of hydrogen-bond acceptors (Lipinski definition) is 4. The van der Waals surface area contributed by atoms with Crippen LogP contribution < -0.4 is 4.90 Å². The topological polar surface area (TPSA) is 32.3 Å². The van der Waals surface area contributed by atoms with Gasteiger partial charge in [0.1, 0.15) is 0 Å². The standard InChI is InChI=1S/C17H21ClN4/c1-21(2)17-19-9-13(10-20-17)11-22-8-7-14(12-22)15-5-3-4-6-16(15)18/h3-6,9-10,14H,7-8,11-12H2,1-2H3. The Kier molecular flexibility index (Phi) is 4.60. The SMILES string of the molecule is CN(C)c1ncc(CN2CCC(c3ccccc3Cl)C2)cn1. The van der Waals surface area contributed by atoms with Gasteiger partial charge >= 0.3 is 0 Å². The van der Waals surface area contributed by atoms with Crippen LogP contribution in [0.1, 0.15) is 23.5 Å². The first-order valence-corrected chi connectivity index (χ1v) is 7.96. The average molecular weight is 317 g/mol. The molecule has 0 bridgehead atoms. The van der Waals surface area contributed by atoms with Crippen LogP contribution in [0.3, 0.4) is 0 Å². The second kappa shape index (κ2) is 6.63. The van der Waals surface area contributed by atoms with Gasteiger partial charge < -0.3 is 4.90 Å². The molecule has 1 fully saturated rings. The maximum absolute atomic E-state index is 6.32. The van der Waals surface area contributed by atoms with E-state index >= 15 is 0 Å². The number of nitrogens with zero attached hydrogens (tertiary/aromatic N) is 4. The Morgan fingerprint density at radius 1 is 1.23 bits per heavy atom. The largest absolute Gasteiger partial charge is 0.347 e. The lowest BCUT2D eigenvalue weighted by Gasteiger charge is -2.17. The van der Waals surface area contributed by atoms with E-state index in [1.54, 1.807) is 0 Å². The quantitative estimate of drug-likeness (QED) is 0.867. The molecule has 4 nitrogen and oxygen atoms in total. The second-order valence-electron chi connectivity index (χ2n) is 6.03. The molecule has 0 aliphatic carbocycles. The van der Waals surface area contributed by atoms with Crippen LogP contribution in [0.2, 0.25) is 5.02 Å². The molecule has 2 heterocycles. The summed E-state index contributed by atoms with van der Waals surface area (Å²) in [4.78, 5) is 13.1. The molecule has 116 valence electrons. The molecule has 22 heavy (non-hydrogen) atoms. The zero-order chi connectivity index (χ0) is 15.5. The summed E-state index contributed by atoms with van der Waals surface area (Å²) in [5.74, 6) is 1.27. The summed E-state index contributed by atoms with van der Waals surface area (Å²) in [6.45, 7) is 3.03. The molecule has 0 radical (unpaired) electrons. The van der Waals surface area contributed by atoms with E-state index in [9.17, 15) is 0 Å². The lowest BCUT2D eigenvalue weighted by molar-refractivity contribution is 0.326. The van der Waals surface area contributed by atoms with Gasteiger partial charge in [-0.25, -0.2) is 9.97 Å². The number of benzene rings is 1. The van der Waals surface area contributed by atoms with Crippen LogP contribution in [0.5, 0.6) is 0 Å². The molecule has 2 aromatic rings. The van der Waals surface area contributed by atoms with E-state index in [0.29, 0.717) is 5.92 Å².